The summed E-state index contributed by atoms with van der Waals surface area (Å²) in [5.74, 6) is 0.477. The number of halogens is 1. The van der Waals surface area contributed by atoms with E-state index in [4.69, 9.17) is 4.42 Å². The van der Waals surface area contributed by atoms with E-state index in [1.165, 1.54) is 12.1 Å². The van der Waals surface area contributed by atoms with Crippen molar-refractivity contribution in [1.29, 1.82) is 0 Å². The Morgan fingerprint density at radius 3 is 2.67 bits per heavy atom. The Morgan fingerprint density at radius 2 is 2.00 bits per heavy atom. The maximum Gasteiger partial charge on any atom is 0.220 e. The normalized spacial score (nSPS) is 10.3. The molecule has 4 heteroatoms. The van der Waals surface area contributed by atoms with Crippen LogP contribution in [0.3, 0.4) is 0 Å². The van der Waals surface area contributed by atoms with Gasteiger partial charge < -0.3 is 9.73 Å². The molecule has 0 unspecified atom stereocenters. The lowest BCUT2D eigenvalue weighted by Crippen LogP contribution is -2.22. The highest BCUT2D eigenvalue weighted by Crippen LogP contribution is 2.04. The minimum Gasteiger partial charge on any atom is -0.469 e. The van der Waals surface area contributed by atoms with Crippen molar-refractivity contribution in [2.75, 3.05) is 0 Å². The summed E-state index contributed by atoms with van der Waals surface area (Å²) in [6.07, 6.45) is 2.56. The highest BCUT2D eigenvalue weighted by molar-refractivity contribution is 5.76. The largest absolute Gasteiger partial charge is 0.469 e. The summed E-state index contributed by atoms with van der Waals surface area (Å²) in [6.45, 7) is 0.414. The van der Waals surface area contributed by atoms with Gasteiger partial charge in [0.15, 0.2) is 0 Å². The van der Waals surface area contributed by atoms with Crippen molar-refractivity contribution in [3.05, 3.63) is 59.8 Å². The lowest BCUT2D eigenvalue weighted by molar-refractivity contribution is -0.121. The van der Waals surface area contributed by atoms with Gasteiger partial charge in [-0.05, 0) is 29.8 Å². The van der Waals surface area contributed by atoms with E-state index in [0.717, 1.165) is 11.3 Å². The first kappa shape index (κ1) is 12.4. The number of furan rings is 1. The number of carbonyl (C=O) groups is 1. The third-order valence-corrected chi connectivity index (χ3v) is 2.58. The number of amides is 1. The fourth-order valence-electron chi connectivity index (χ4n) is 1.58. The second kappa shape index (κ2) is 6.00. The molecule has 0 spiro atoms. The number of hydrogen-bond donors (Lipinski definition) is 1. The summed E-state index contributed by atoms with van der Waals surface area (Å²) in [5.41, 5.74) is 0.878. The number of benzene rings is 1. The predicted octanol–water partition coefficient (Wildman–Crippen LogP) is 2.67. The SMILES string of the molecule is O=C(CCc1ccco1)NCc1ccc(F)cc1. The molecule has 3 nitrogen and oxygen atoms in total. The van der Waals surface area contributed by atoms with Crippen LogP contribution in [-0.2, 0) is 17.8 Å². The van der Waals surface area contributed by atoms with Crippen molar-refractivity contribution in [3.63, 3.8) is 0 Å². The summed E-state index contributed by atoms with van der Waals surface area (Å²) in [7, 11) is 0. The van der Waals surface area contributed by atoms with Gasteiger partial charge in [0.2, 0.25) is 5.91 Å². The molecule has 0 aliphatic heterocycles. The van der Waals surface area contributed by atoms with Crippen LogP contribution in [0.5, 0.6) is 0 Å². The van der Waals surface area contributed by atoms with E-state index in [1.807, 2.05) is 6.07 Å². The molecule has 1 aromatic heterocycles. The zero-order valence-electron chi connectivity index (χ0n) is 9.86. The van der Waals surface area contributed by atoms with Crippen molar-refractivity contribution in [3.8, 4) is 0 Å². The van der Waals surface area contributed by atoms with Gasteiger partial charge in [-0.2, -0.15) is 0 Å². The molecular formula is C14H14FNO2. The highest BCUT2D eigenvalue weighted by atomic mass is 19.1. The molecular weight excluding hydrogens is 233 g/mol. The second-order valence-electron chi connectivity index (χ2n) is 3.98. The van der Waals surface area contributed by atoms with Crippen molar-refractivity contribution in [2.24, 2.45) is 0 Å². The number of aryl methyl sites for hydroxylation is 1. The Kier molecular flexibility index (Phi) is 4.12. The molecule has 0 aliphatic rings. The minimum absolute atomic E-state index is 0.0456. The standard InChI is InChI=1S/C14H14FNO2/c15-12-5-3-11(4-6-12)10-16-14(17)8-7-13-2-1-9-18-13/h1-6,9H,7-8,10H2,(H,16,17). The van der Waals surface area contributed by atoms with Crippen LogP contribution >= 0.6 is 0 Å². The molecule has 2 rings (SSSR count). The van der Waals surface area contributed by atoms with Crippen LogP contribution in [-0.4, -0.2) is 5.91 Å². The van der Waals surface area contributed by atoms with Crippen LogP contribution in [0.2, 0.25) is 0 Å². The Bertz CT molecular complexity index is 491. The van der Waals surface area contributed by atoms with E-state index in [2.05, 4.69) is 5.32 Å². The zero-order chi connectivity index (χ0) is 12.8. The second-order valence-corrected chi connectivity index (χ2v) is 3.98. The molecule has 0 bridgehead atoms. The summed E-state index contributed by atoms with van der Waals surface area (Å²) >= 11 is 0. The highest BCUT2D eigenvalue weighted by Gasteiger charge is 2.03. The number of nitrogens with one attached hydrogen (secondary N) is 1. The van der Waals surface area contributed by atoms with Gasteiger partial charge in [0.05, 0.1) is 6.26 Å². The minimum atomic E-state index is -0.275. The predicted molar refractivity (Wildman–Crippen MR) is 65.3 cm³/mol. The lowest BCUT2D eigenvalue weighted by atomic mass is 10.2. The van der Waals surface area contributed by atoms with Crippen molar-refractivity contribution in [2.45, 2.75) is 19.4 Å². The fraction of sp³-hybridized carbons (Fsp3) is 0.214. The molecule has 1 amide bonds. The molecule has 0 saturated carbocycles. The van der Waals surface area contributed by atoms with Gasteiger partial charge in [-0.3, -0.25) is 4.79 Å². The van der Waals surface area contributed by atoms with Gasteiger partial charge >= 0.3 is 0 Å². The average molecular weight is 247 g/mol. The fourth-order valence-corrected chi connectivity index (χ4v) is 1.58. The van der Waals surface area contributed by atoms with Gasteiger partial charge in [-0.15, -0.1) is 0 Å². The van der Waals surface area contributed by atoms with Crippen LogP contribution in [0.15, 0.2) is 47.1 Å². The van der Waals surface area contributed by atoms with Gasteiger partial charge in [-0.1, -0.05) is 12.1 Å². The molecule has 94 valence electrons. The van der Waals surface area contributed by atoms with E-state index >= 15 is 0 Å². The maximum absolute atomic E-state index is 12.7. The smallest absolute Gasteiger partial charge is 0.220 e. The first-order chi connectivity index (χ1) is 8.74. The molecule has 0 radical (unpaired) electrons. The molecule has 1 aromatic carbocycles. The van der Waals surface area contributed by atoms with Crippen molar-refractivity contribution >= 4 is 5.91 Å². The molecule has 1 N–H and O–H groups in total. The molecule has 0 atom stereocenters. The van der Waals surface area contributed by atoms with Crippen molar-refractivity contribution < 1.29 is 13.6 Å². The molecule has 0 saturated heterocycles. The monoisotopic (exact) mass is 247 g/mol. The topological polar surface area (TPSA) is 42.2 Å². The van der Waals surface area contributed by atoms with Crippen LogP contribution in [0.4, 0.5) is 4.39 Å². The number of hydrogen-bond acceptors (Lipinski definition) is 2. The molecule has 0 fully saturated rings. The first-order valence-electron chi connectivity index (χ1n) is 5.77. The number of carbonyl (C=O) groups excluding carboxylic acids is 1. The zero-order valence-corrected chi connectivity index (χ0v) is 9.86. The molecule has 0 aliphatic carbocycles. The summed E-state index contributed by atoms with van der Waals surface area (Å²) in [5, 5.41) is 2.78. The van der Waals surface area contributed by atoms with E-state index in [1.54, 1.807) is 24.5 Å². The third-order valence-electron chi connectivity index (χ3n) is 2.58. The summed E-state index contributed by atoms with van der Waals surface area (Å²) in [4.78, 5) is 11.6. The van der Waals surface area contributed by atoms with E-state index in [9.17, 15) is 9.18 Å². The Labute approximate surface area is 105 Å². The van der Waals surface area contributed by atoms with Crippen LogP contribution in [0.25, 0.3) is 0 Å². The quantitative estimate of drug-likeness (QED) is 0.882. The third kappa shape index (κ3) is 3.73. The van der Waals surface area contributed by atoms with Gasteiger partial charge in [-0.25, -0.2) is 4.39 Å². The number of rotatable bonds is 5. The summed E-state index contributed by atoms with van der Waals surface area (Å²) in [6, 6.07) is 9.71. The average Bonchev–Trinajstić information content (AvgIpc) is 2.89. The van der Waals surface area contributed by atoms with Gasteiger partial charge in [0, 0.05) is 19.4 Å². The Hall–Kier alpha value is -2.10. The van der Waals surface area contributed by atoms with Gasteiger partial charge in [0.1, 0.15) is 11.6 Å². The van der Waals surface area contributed by atoms with Crippen LogP contribution in [0, 0.1) is 5.82 Å². The van der Waals surface area contributed by atoms with E-state index in [0.29, 0.717) is 19.4 Å². The van der Waals surface area contributed by atoms with Crippen LogP contribution < -0.4 is 5.32 Å². The van der Waals surface area contributed by atoms with Crippen molar-refractivity contribution in [1.82, 2.24) is 5.32 Å². The Balaban J connectivity index is 1.73. The lowest BCUT2D eigenvalue weighted by Gasteiger charge is -2.04. The molecule has 18 heavy (non-hydrogen) atoms. The van der Waals surface area contributed by atoms with E-state index < -0.39 is 0 Å². The molecule has 1 heterocycles. The van der Waals surface area contributed by atoms with Crippen LogP contribution in [0.1, 0.15) is 17.7 Å². The Morgan fingerprint density at radius 1 is 1.22 bits per heavy atom. The van der Waals surface area contributed by atoms with Gasteiger partial charge in [0.25, 0.3) is 0 Å². The summed E-state index contributed by atoms with van der Waals surface area (Å²) < 4.78 is 17.8. The maximum atomic E-state index is 12.7. The van der Waals surface area contributed by atoms with E-state index in [-0.39, 0.29) is 11.7 Å². The first-order valence-corrected chi connectivity index (χ1v) is 5.77. The molecule has 2 aromatic rings.